The SMILES string of the molecule is CN[C@@H](C)C(=O)N[C@@H]1C(=O)N(Cc2c(OC)ccc3cc(Br)ccc23)C2=C(OC13CCOCC3)C(F)=CCC2. The molecule has 10 heteroatoms. The molecule has 0 radical (unpaired) electrons. The topological polar surface area (TPSA) is 89.1 Å². The number of benzene rings is 2. The molecule has 1 fully saturated rings. The fourth-order valence-electron chi connectivity index (χ4n) is 5.55. The quantitative estimate of drug-likeness (QED) is 0.508. The van der Waals surface area contributed by atoms with Crippen LogP contribution in [-0.2, 0) is 25.6 Å². The van der Waals surface area contributed by atoms with E-state index in [1.807, 2.05) is 30.3 Å². The fraction of sp³-hybridized carbons (Fsp3) is 0.448. The molecule has 8 nitrogen and oxygen atoms in total. The molecule has 2 aliphatic heterocycles. The van der Waals surface area contributed by atoms with Gasteiger partial charge in [-0.15, -0.1) is 0 Å². The van der Waals surface area contributed by atoms with Crippen LogP contribution in [0.15, 0.2) is 58.2 Å². The van der Waals surface area contributed by atoms with Crippen LogP contribution < -0.4 is 15.4 Å². The van der Waals surface area contributed by atoms with Crippen LogP contribution in [0, 0.1) is 0 Å². The number of hydrogen-bond acceptors (Lipinski definition) is 6. The molecular formula is C29H33BrFN3O5. The molecule has 0 saturated carbocycles. The largest absolute Gasteiger partial charge is 0.496 e. The van der Waals surface area contributed by atoms with Gasteiger partial charge >= 0.3 is 0 Å². The van der Waals surface area contributed by atoms with Crippen molar-refractivity contribution < 1.29 is 28.2 Å². The molecule has 0 bridgehead atoms. The molecule has 1 spiro atoms. The third kappa shape index (κ3) is 5.17. The zero-order chi connectivity index (χ0) is 27.7. The summed E-state index contributed by atoms with van der Waals surface area (Å²) in [6.45, 7) is 2.51. The Morgan fingerprint density at radius 2 is 2.05 bits per heavy atom. The first kappa shape index (κ1) is 27.6. The second-order valence-electron chi connectivity index (χ2n) is 10.1. The predicted octanol–water partition coefficient (Wildman–Crippen LogP) is 4.47. The number of ether oxygens (including phenoxy) is 3. The number of carbonyl (C=O) groups is 2. The fourth-order valence-corrected chi connectivity index (χ4v) is 5.93. The van der Waals surface area contributed by atoms with Gasteiger partial charge in [-0.25, -0.2) is 4.39 Å². The molecule has 2 heterocycles. The molecule has 2 atom stereocenters. The monoisotopic (exact) mass is 601 g/mol. The minimum atomic E-state index is -1.15. The van der Waals surface area contributed by atoms with Crippen molar-refractivity contribution >= 4 is 38.5 Å². The Labute approximate surface area is 235 Å². The minimum absolute atomic E-state index is 0.0665. The van der Waals surface area contributed by atoms with Crippen LogP contribution in [0.2, 0.25) is 0 Å². The maximum Gasteiger partial charge on any atom is 0.253 e. The van der Waals surface area contributed by atoms with Gasteiger partial charge in [0.05, 0.1) is 38.6 Å². The maximum absolute atomic E-state index is 15.5. The number of halogens is 2. The van der Waals surface area contributed by atoms with Gasteiger partial charge in [0.25, 0.3) is 5.91 Å². The number of carbonyl (C=O) groups excluding carboxylic acids is 2. The van der Waals surface area contributed by atoms with Crippen molar-refractivity contribution in [1.29, 1.82) is 0 Å². The van der Waals surface area contributed by atoms with E-state index in [2.05, 4.69) is 26.6 Å². The van der Waals surface area contributed by atoms with Gasteiger partial charge in [-0.2, -0.15) is 0 Å². The molecule has 0 aromatic heterocycles. The van der Waals surface area contributed by atoms with Crippen molar-refractivity contribution in [1.82, 2.24) is 15.5 Å². The van der Waals surface area contributed by atoms with Gasteiger partial charge in [-0.3, -0.25) is 9.59 Å². The molecule has 2 aromatic rings. The van der Waals surface area contributed by atoms with Gasteiger partial charge in [0.1, 0.15) is 17.4 Å². The number of amides is 2. The van der Waals surface area contributed by atoms with E-state index in [4.69, 9.17) is 14.2 Å². The molecular weight excluding hydrogens is 569 g/mol. The first-order valence-corrected chi connectivity index (χ1v) is 14.0. The zero-order valence-corrected chi connectivity index (χ0v) is 23.9. The highest BCUT2D eigenvalue weighted by molar-refractivity contribution is 9.10. The van der Waals surface area contributed by atoms with Gasteiger partial charge in [0.15, 0.2) is 11.6 Å². The summed E-state index contributed by atoms with van der Waals surface area (Å²) in [4.78, 5) is 29.3. The van der Waals surface area contributed by atoms with Crippen molar-refractivity contribution in [2.45, 2.75) is 56.8 Å². The van der Waals surface area contributed by atoms with Crippen LogP contribution in [0.3, 0.4) is 0 Å². The highest BCUT2D eigenvalue weighted by atomic mass is 79.9. The standard InChI is InChI=1S/C29H33BrFN3O5/c1-17(32-2)27(35)33-26-28(36)34(16-21-20-9-8-19(30)15-18(20)7-10-24(21)37-3)23-6-4-5-22(31)25(23)39-29(26)11-13-38-14-12-29/h5,7-10,15,17,26,32H,4,6,11-14,16H2,1-3H3,(H,33,35)/t17-,26+/m0/s1. The van der Waals surface area contributed by atoms with E-state index in [9.17, 15) is 9.59 Å². The van der Waals surface area contributed by atoms with Crippen molar-refractivity contribution in [2.24, 2.45) is 0 Å². The van der Waals surface area contributed by atoms with E-state index in [0.717, 1.165) is 20.8 Å². The lowest BCUT2D eigenvalue weighted by molar-refractivity contribution is -0.149. The molecule has 2 aromatic carbocycles. The number of nitrogens with zero attached hydrogens (tertiary/aromatic N) is 1. The molecule has 3 aliphatic rings. The normalized spacial score (nSPS) is 21.7. The van der Waals surface area contributed by atoms with Crippen LogP contribution in [0.4, 0.5) is 4.39 Å². The van der Waals surface area contributed by atoms with Crippen molar-refractivity contribution in [3.05, 3.63) is 63.7 Å². The number of allylic oxidation sites excluding steroid dienone is 3. The van der Waals surface area contributed by atoms with Gasteiger partial charge in [-0.1, -0.05) is 28.1 Å². The third-order valence-electron chi connectivity index (χ3n) is 7.89. The van der Waals surface area contributed by atoms with Gasteiger partial charge in [-0.05, 0) is 61.9 Å². The highest BCUT2D eigenvalue weighted by Gasteiger charge is 2.53. The number of hydrogen-bond donors (Lipinski definition) is 2. The predicted molar refractivity (Wildman–Crippen MR) is 149 cm³/mol. The molecule has 0 unspecified atom stereocenters. The summed E-state index contributed by atoms with van der Waals surface area (Å²) in [5.41, 5.74) is 0.110. The molecule has 2 N–H and O–H groups in total. The van der Waals surface area contributed by atoms with Crippen molar-refractivity contribution in [3.8, 4) is 5.75 Å². The number of rotatable bonds is 6. The minimum Gasteiger partial charge on any atom is -0.496 e. The average molecular weight is 603 g/mol. The Balaban J connectivity index is 1.66. The van der Waals surface area contributed by atoms with Crippen molar-refractivity contribution in [3.63, 3.8) is 0 Å². The Morgan fingerprint density at radius 3 is 2.77 bits per heavy atom. The van der Waals surface area contributed by atoms with Gasteiger partial charge in [0, 0.05) is 22.9 Å². The van der Waals surface area contributed by atoms with E-state index >= 15 is 4.39 Å². The lowest BCUT2D eigenvalue weighted by Crippen LogP contribution is -2.63. The van der Waals surface area contributed by atoms with Gasteiger partial charge < -0.3 is 29.7 Å². The summed E-state index contributed by atoms with van der Waals surface area (Å²) in [7, 11) is 3.27. The van der Waals surface area contributed by atoms with E-state index in [0.29, 0.717) is 50.3 Å². The summed E-state index contributed by atoms with van der Waals surface area (Å²) in [5.74, 6) is -0.499. The van der Waals surface area contributed by atoms with Gasteiger partial charge in [0.2, 0.25) is 5.91 Å². The van der Waals surface area contributed by atoms with Crippen LogP contribution >= 0.6 is 15.9 Å². The molecule has 1 aliphatic carbocycles. The second-order valence-corrected chi connectivity index (χ2v) is 11.0. The maximum atomic E-state index is 15.5. The summed E-state index contributed by atoms with van der Waals surface area (Å²) in [6.07, 6.45) is 3.02. The van der Waals surface area contributed by atoms with E-state index < -0.39 is 23.5 Å². The number of nitrogens with one attached hydrogen (secondary N) is 2. The smallest absolute Gasteiger partial charge is 0.253 e. The summed E-state index contributed by atoms with van der Waals surface area (Å²) in [5, 5.41) is 7.76. The Morgan fingerprint density at radius 1 is 1.28 bits per heavy atom. The molecule has 2 amide bonds. The Hall–Kier alpha value is -2.95. The molecule has 5 rings (SSSR count). The zero-order valence-electron chi connectivity index (χ0n) is 22.3. The molecule has 208 valence electrons. The molecule has 1 saturated heterocycles. The first-order chi connectivity index (χ1) is 18.8. The highest BCUT2D eigenvalue weighted by Crippen LogP contribution is 2.43. The third-order valence-corrected chi connectivity index (χ3v) is 8.39. The van der Waals surface area contributed by atoms with E-state index in [1.165, 1.54) is 6.08 Å². The number of methoxy groups -OCH3 is 1. The second kappa shape index (κ2) is 11.3. The number of likely N-dealkylation sites (N-methyl/N-ethyl adjacent to an activating group) is 1. The van der Waals surface area contributed by atoms with E-state index in [-0.39, 0.29) is 24.1 Å². The number of fused-ring (bicyclic) bond motifs is 1. The Kier molecular flexibility index (Phi) is 7.98. The van der Waals surface area contributed by atoms with E-state index in [1.54, 1.807) is 26.0 Å². The summed E-state index contributed by atoms with van der Waals surface area (Å²) >= 11 is 3.53. The summed E-state index contributed by atoms with van der Waals surface area (Å²) in [6, 6.07) is 8.15. The first-order valence-electron chi connectivity index (χ1n) is 13.2. The van der Waals surface area contributed by atoms with Crippen molar-refractivity contribution in [2.75, 3.05) is 27.4 Å². The van der Waals surface area contributed by atoms with Crippen LogP contribution in [0.1, 0.15) is 38.2 Å². The average Bonchev–Trinajstić information content (AvgIpc) is 3.03. The van der Waals surface area contributed by atoms with Crippen LogP contribution in [-0.4, -0.2) is 61.8 Å². The lowest BCUT2D eigenvalue weighted by Gasteiger charge is -2.42. The molecule has 39 heavy (non-hydrogen) atoms. The van der Waals surface area contributed by atoms with Crippen LogP contribution in [0.5, 0.6) is 5.75 Å². The Bertz CT molecular complexity index is 1350. The lowest BCUT2D eigenvalue weighted by atomic mass is 9.84. The van der Waals surface area contributed by atoms with Crippen LogP contribution in [0.25, 0.3) is 10.8 Å². The summed E-state index contributed by atoms with van der Waals surface area (Å²) < 4.78 is 34.2.